The van der Waals surface area contributed by atoms with Crippen LogP contribution < -0.4 is 0 Å². The number of azo groups is 1. The monoisotopic (exact) mass is 504 g/mol. The Morgan fingerprint density at radius 2 is 1.36 bits per heavy atom. The van der Waals surface area contributed by atoms with Crippen LogP contribution in [0.4, 0.5) is 11.4 Å². The van der Waals surface area contributed by atoms with E-state index in [1.54, 1.807) is 12.1 Å². The Labute approximate surface area is 233 Å². The Hall–Kier alpha value is -1.38. The first-order chi connectivity index (χ1) is 14.6. The summed E-state index contributed by atoms with van der Waals surface area (Å²) in [7, 11) is -9.73. The van der Waals surface area contributed by atoms with Crippen LogP contribution in [0.5, 0.6) is 5.75 Å². The maximum absolute atomic E-state index is 12.0. The summed E-state index contributed by atoms with van der Waals surface area (Å²) in [6.45, 7) is 0. The normalized spacial score (nSPS) is 11.9. The van der Waals surface area contributed by atoms with E-state index in [4.69, 9.17) is 0 Å². The standard InChI is InChI=1S/C20H14N2O7S2.2Na/c23-17-9-8-13-10-14(30(24,25)26)11-18(31(27,28)29)19(13)20(17)22-21-16-7-3-5-12-4-1-2-6-15(12)16;;/h1-11,23H,(H,24,25,26)(H,27,28,29);;. The Kier molecular flexibility index (Phi) is 8.85. The van der Waals surface area contributed by atoms with Crippen LogP contribution in [0.1, 0.15) is 0 Å². The van der Waals surface area contributed by atoms with Crippen LogP contribution in [0.3, 0.4) is 0 Å². The minimum Gasteiger partial charge on any atom is -0.506 e. The third-order valence-electron chi connectivity index (χ3n) is 4.61. The molecule has 0 fully saturated rings. The second kappa shape index (κ2) is 10.5. The van der Waals surface area contributed by atoms with Gasteiger partial charge in [-0.05, 0) is 35.0 Å². The molecule has 0 spiro atoms. The van der Waals surface area contributed by atoms with Crippen molar-refractivity contribution in [2.75, 3.05) is 0 Å². The average Bonchev–Trinajstić information content (AvgIpc) is 2.71. The molecule has 9 nitrogen and oxygen atoms in total. The van der Waals surface area contributed by atoms with Gasteiger partial charge in [0.1, 0.15) is 16.3 Å². The van der Waals surface area contributed by atoms with Crippen molar-refractivity contribution in [1.29, 1.82) is 0 Å². The first kappa shape index (κ1) is 27.9. The number of aromatic hydroxyl groups is 1. The van der Waals surface area contributed by atoms with Crippen LogP contribution in [-0.2, 0) is 20.2 Å². The number of hydrogen-bond acceptors (Lipinski definition) is 7. The molecule has 0 heterocycles. The van der Waals surface area contributed by atoms with Gasteiger partial charge in [-0.3, -0.25) is 9.11 Å². The summed E-state index contributed by atoms with van der Waals surface area (Å²) in [6, 6.07) is 16.6. The summed E-state index contributed by atoms with van der Waals surface area (Å²) < 4.78 is 66.0. The van der Waals surface area contributed by atoms with E-state index in [9.17, 15) is 31.0 Å². The molecule has 0 aromatic heterocycles. The Morgan fingerprint density at radius 3 is 2.03 bits per heavy atom. The molecule has 2 radical (unpaired) electrons. The van der Waals surface area contributed by atoms with Gasteiger partial charge in [-0.15, -0.1) is 10.2 Å². The molecule has 4 aromatic rings. The molecular weight excluding hydrogens is 490 g/mol. The molecule has 4 rings (SSSR count). The van der Waals surface area contributed by atoms with Crippen molar-refractivity contribution < 1.29 is 31.0 Å². The van der Waals surface area contributed by atoms with E-state index in [2.05, 4.69) is 10.2 Å². The van der Waals surface area contributed by atoms with Gasteiger partial charge < -0.3 is 5.11 Å². The first-order valence-electron chi connectivity index (χ1n) is 8.70. The molecule has 13 heteroatoms. The minimum absolute atomic E-state index is 0. The van der Waals surface area contributed by atoms with E-state index in [-0.39, 0.29) is 75.6 Å². The van der Waals surface area contributed by atoms with Gasteiger partial charge in [0.05, 0.1) is 10.6 Å². The zero-order valence-electron chi connectivity index (χ0n) is 17.5. The maximum atomic E-state index is 12.0. The Balaban J connectivity index is 0.00000193. The molecule has 0 unspecified atom stereocenters. The molecule has 0 aliphatic rings. The minimum atomic E-state index is -4.96. The van der Waals surface area contributed by atoms with Crippen LogP contribution in [0.15, 0.2) is 86.7 Å². The van der Waals surface area contributed by atoms with Crippen molar-refractivity contribution >= 4 is 112 Å². The predicted octanol–water partition coefficient (Wildman–Crippen LogP) is 3.85. The van der Waals surface area contributed by atoms with Crippen molar-refractivity contribution in [3.8, 4) is 5.75 Å². The quantitative estimate of drug-likeness (QED) is 0.217. The summed E-state index contributed by atoms with van der Waals surface area (Å²) in [5, 5.41) is 19.8. The molecule has 0 saturated carbocycles. The fraction of sp³-hybridized carbons (Fsp3) is 0. The molecule has 0 aliphatic carbocycles. The van der Waals surface area contributed by atoms with E-state index in [0.717, 1.165) is 16.8 Å². The fourth-order valence-corrected chi connectivity index (χ4v) is 4.59. The molecule has 0 atom stereocenters. The Morgan fingerprint density at radius 1 is 0.697 bits per heavy atom. The van der Waals surface area contributed by atoms with E-state index >= 15 is 0 Å². The Bertz CT molecular complexity index is 1600. The number of rotatable bonds is 4. The molecule has 33 heavy (non-hydrogen) atoms. The molecule has 4 aromatic carbocycles. The van der Waals surface area contributed by atoms with Gasteiger partial charge in [-0.25, -0.2) is 0 Å². The number of nitrogens with zero attached hydrogens (tertiary/aromatic N) is 2. The van der Waals surface area contributed by atoms with Crippen molar-refractivity contribution in [1.82, 2.24) is 0 Å². The molecular formula is C20H14N2Na2O7S2. The molecule has 0 saturated heterocycles. The van der Waals surface area contributed by atoms with E-state index in [1.807, 2.05) is 30.3 Å². The second-order valence-electron chi connectivity index (χ2n) is 6.60. The summed E-state index contributed by atoms with van der Waals surface area (Å²) in [6.07, 6.45) is 0. The summed E-state index contributed by atoms with van der Waals surface area (Å²) in [5.74, 6) is -0.444. The fourth-order valence-electron chi connectivity index (χ4n) is 3.22. The van der Waals surface area contributed by atoms with Crippen molar-refractivity contribution in [2.45, 2.75) is 9.79 Å². The predicted molar refractivity (Wildman–Crippen MR) is 125 cm³/mol. The van der Waals surface area contributed by atoms with Crippen molar-refractivity contribution in [2.24, 2.45) is 10.2 Å². The number of hydrogen-bond donors (Lipinski definition) is 3. The van der Waals surface area contributed by atoms with Gasteiger partial charge in [0.15, 0.2) is 0 Å². The maximum Gasteiger partial charge on any atom is 0.295 e. The van der Waals surface area contributed by atoms with Crippen LogP contribution in [0.2, 0.25) is 0 Å². The van der Waals surface area contributed by atoms with Crippen LogP contribution >= 0.6 is 0 Å². The first-order valence-corrected chi connectivity index (χ1v) is 11.6. The molecule has 3 N–H and O–H groups in total. The summed E-state index contributed by atoms with van der Waals surface area (Å²) in [5.41, 5.74) is 0.150. The van der Waals surface area contributed by atoms with E-state index in [1.165, 1.54) is 12.1 Å². The number of phenolic OH excluding ortho intramolecular Hbond substituents is 1. The SMILES string of the molecule is O=S(=O)(O)c1cc(S(=O)(=O)O)c2c(N=Nc3cccc4ccccc34)c(O)ccc2c1.[Na].[Na]. The van der Waals surface area contributed by atoms with Gasteiger partial charge in [-0.1, -0.05) is 42.5 Å². The van der Waals surface area contributed by atoms with Gasteiger partial charge in [0.2, 0.25) is 0 Å². The smallest absolute Gasteiger partial charge is 0.295 e. The van der Waals surface area contributed by atoms with Crippen LogP contribution in [0.25, 0.3) is 21.5 Å². The zero-order valence-corrected chi connectivity index (χ0v) is 23.2. The van der Waals surface area contributed by atoms with Crippen molar-refractivity contribution in [3.05, 3.63) is 66.7 Å². The number of fused-ring (bicyclic) bond motifs is 2. The second-order valence-corrected chi connectivity index (χ2v) is 9.41. The van der Waals surface area contributed by atoms with Crippen molar-refractivity contribution in [3.63, 3.8) is 0 Å². The number of benzene rings is 4. The third-order valence-corrected chi connectivity index (χ3v) is 6.32. The molecule has 160 valence electrons. The van der Waals surface area contributed by atoms with Gasteiger partial charge >= 0.3 is 0 Å². The summed E-state index contributed by atoms with van der Waals surface area (Å²) >= 11 is 0. The zero-order chi connectivity index (χ0) is 22.4. The topological polar surface area (TPSA) is 154 Å². The van der Waals surface area contributed by atoms with Gasteiger partial charge in [0, 0.05) is 69.9 Å². The molecule has 0 bridgehead atoms. The average molecular weight is 504 g/mol. The van der Waals surface area contributed by atoms with Gasteiger partial charge in [-0.2, -0.15) is 16.8 Å². The van der Waals surface area contributed by atoms with E-state index in [0.29, 0.717) is 11.8 Å². The third kappa shape index (κ3) is 5.82. The van der Waals surface area contributed by atoms with Crippen LogP contribution in [0, 0.1) is 0 Å². The van der Waals surface area contributed by atoms with Crippen LogP contribution in [-0.4, -0.2) is 90.2 Å². The largest absolute Gasteiger partial charge is 0.506 e. The molecule has 0 amide bonds. The number of phenols is 1. The molecule has 0 aliphatic heterocycles. The van der Waals surface area contributed by atoms with Gasteiger partial charge in [0.25, 0.3) is 20.2 Å². The van der Waals surface area contributed by atoms with E-state index < -0.39 is 35.8 Å². The summed E-state index contributed by atoms with van der Waals surface area (Å²) in [4.78, 5) is -1.59.